The maximum absolute atomic E-state index is 11.2. The van der Waals surface area contributed by atoms with Gasteiger partial charge < -0.3 is 14.9 Å². The Kier molecular flexibility index (Phi) is 6.22. The Bertz CT molecular complexity index is 387. The standard InChI is InChI=1S/C14H20O4/c1-18-12-9-6-8-11(13(12)14(16)17)7-4-2-3-5-10-15/h6,8-9,15H,2-5,7,10H2,1H3,(H,16,17). The van der Waals surface area contributed by atoms with E-state index in [0.717, 1.165) is 37.7 Å². The number of aliphatic hydroxyl groups excluding tert-OH is 1. The van der Waals surface area contributed by atoms with Gasteiger partial charge in [0.1, 0.15) is 11.3 Å². The number of carboxylic acid groups (broad SMARTS) is 1. The molecule has 0 aliphatic carbocycles. The minimum atomic E-state index is -0.946. The molecular formula is C14H20O4. The van der Waals surface area contributed by atoms with E-state index in [-0.39, 0.29) is 12.2 Å². The molecule has 1 aromatic rings. The summed E-state index contributed by atoms with van der Waals surface area (Å²) in [5.41, 5.74) is 1.08. The molecule has 2 N–H and O–H groups in total. The van der Waals surface area contributed by atoms with Crippen molar-refractivity contribution >= 4 is 5.97 Å². The molecule has 4 nitrogen and oxygen atoms in total. The summed E-state index contributed by atoms with van der Waals surface area (Å²) in [7, 11) is 1.48. The topological polar surface area (TPSA) is 66.8 Å². The second-order valence-corrected chi connectivity index (χ2v) is 4.19. The summed E-state index contributed by atoms with van der Waals surface area (Å²) in [6.45, 7) is 0.222. The molecule has 0 heterocycles. The summed E-state index contributed by atoms with van der Waals surface area (Å²) < 4.78 is 5.08. The number of hydrogen-bond acceptors (Lipinski definition) is 3. The maximum Gasteiger partial charge on any atom is 0.339 e. The van der Waals surface area contributed by atoms with E-state index in [1.54, 1.807) is 6.07 Å². The summed E-state index contributed by atoms with van der Waals surface area (Å²) in [5.74, 6) is -0.534. The van der Waals surface area contributed by atoms with Crippen LogP contribution in [0.15, 0.2) is 18.2 Å². The van der Waals surface area contributed by atoms with Crippen molar-refractivity contribution in [2.75, 3.05) is 13.7 Å². The zero-order valence-corrected chi connectivity index (χ0v) is 10.7. The normalized spacial score (nSPS) is 10.3. The Balaban J connectivity index is 2.67. The van der Waals surface area contributed by atoms with Crippen LogP contribution in [0.1, 0.15) is 41.6 Å². The van der Waals surface area contributed by atoms with Crippen molar-refractivity contribution in [3.63, 3.8) is 0 Å². The number of benzene rings is 1. The summed E-state index contributed by atoms with van der Waals surface area (Å²) in [4.78, 5) is 11.2. The fourth-order valence-electron chi connectivity index (χ4n) is 1.98. The average molecular weight is 252 g/mol. The quantitative estimate of drug-likeness (QED) is 0.697. The summed E-state index contributed by atoms with van der Waals surface area (Å²) in [6, 6.07) is 5.31. The summed E-state index contributed by atoms with van der Waals surface area (Å²) in [5, 5.41) is 17.9. The molecule has 4 heteroatoms. The second-order valence-electron chi connectivity index (χ2n) is 4.19. The molecule has 1 rings (SSSR count). The summed E-state index contributed by atoms with van der Waals surface area (Å²) >= 11 is 0. The van der Waals surface area contributed by atoms with Crippen LogP contribution in [0.5, 0.6) is 5.75 Å². The number of carbonyl (C=O) groups is 1. The number of aliphatic hydroxyl groups is 1. The van der Waals surface area contributed by atoms with E-state index in [2.05, 4.69) is 0 Å². The predicted molar refractivity (Wildman–Crippen MR) is 69.2 cm³/mol. The molecule has 0 saturated carbocycles. The lowest BCUT2D eigenvalue weighted by molar-refractivity contribution is 0.0692. The van der Waals surface area contributed by atoms with Gasteiger partial charge in [-0.25, -0.2) is 4.79 Å². The van der Waals surface area contributed by atoms with Gasteiger partial charge in [-0.2, -0.15) is 0 Å². The van der Waals surface area contributed by atoms with E-state index in [0.29, 0.717) is 5.75 Å². The maximum atomic E-state index is 11.2. The molecule has 0 radical (unpaired) electrons. The van der Waals surface area contributed by atoms with Crippen LogP contribution >= 0.6 is 0 Å². The van der Waals surface area contributed by atoms with Crippen molar-refractivity contribution in [1.82, 2.24) is 0 Å². The first-order valence-corrected chi connectivity index (χ1v) is 6.20. The van der Waals surface area contributed by atoms with Crippen molar-refractivity contribution in [1.29, 1.82) is 0 Å². The van der Waals surface area contributed by atoms with E-state index >= 15 is 0 Å². The molecule has 0 fully saturated rings. The first-order chi connectivity index (χ1) is 8.70. The Morgan fingerprint density at radius 3 is 2.56 bits per heavy atom. The minimum Gasteiger partial charge on any atom is -0.496 e. The number of methoxy groups -OCH3 is 1. The molecule has 0 unspecified atom stereocenters. The monoisotopic (exact) mass is 252 g/mol. The van der Waals surface area contributed by atoms with E-state index < -0.39 is 5.97 Å². The van der Waals surface area contributed by atoms with Crippen LogP contribution in [-0.4, -0.2) is 29.9 Å². The third-order valence-electron chi connectivity index (χ3n) is 2.90. The van der Waals surface area contributed by atoms with Crippen LogP contribution in [0, 0.1) is 0 Å². The smallest absolute Gasteiger partial charge is 0.339 e. The van der Waals surface area contributed by atoms with E-state index in [4.69, 9.17) is 9.84 Å². The molecule has 0 aliphatic rings. The van der Waals surface area contributed by atoms with Gasteiger partial charge in [0, 0.05) is 6.61 Å². The SMILES string of the molecule is COc1cccc(CCCCCCO)c1C(=O)O. The lowest BCUT2D eigenvalue weighted by Gasteiger charge is -2.10. The van der Waals surface area contributed by atoms with Crippen molar-refractivity contribution in [2.24, 2.45) is 0 Å². The van der Waals surface area contributed by atoms with Crippen molar-refractivity contribution in [3.8, 4) is 5.75 Å². The average Bonchev–Trinajstić information content (AvgIpc) is 2.37. The highest BCUT2D eigenvalue weighted by Crippen LogP contribution is 2.23. The van der Waals surface area contributed by atoms with Crippen LogP contribution in [0.25, 0.3) is 0 Å². The zero-order valence-electron chi connectivity index (χ0n) is 10.7. The molecular weight excluding hydrogens is 232 g/mol. The molecule has 0 saturated heterocycles. The molecule has 0 atom stereocenters. The van der Waals surface area contributed by atoms with Gasteiger partial charge in [-0.15, -0.1) is 0 Å². The fourth-order valence-corrected chi connectivity index (χ4v) is 1.98. The first-order valence-electron chi connectivity index (χ1n) is 6.20. The van der Waals surface area contributed by atoms with Crippen LogP contribution < -0.4 is 4.74 Å². The van der Waals surface area contributed by atoms with Crippen LogP contribution in [0.2, 0.25) is 0 Å². The lowest BCUT2D eigenvalue weighted by Crippen LogP contribution is -2.05. The van der Waals surface area contributed by atoms with Gasteiger partial charge >= 0.3 is 5.97 Å². The fraction of sp³-hybridized carbons (Fsp3) is 0.500. The highest BCUT2D eigenvalue weighted by Gasteiger charge is 2.15. The first kappa shape index (κ1) is 14.5. The van der Waals surface area contributed by atoms with Crippen LogP contribution in [0.4, 0.5) is 0 Å². The number of ether oxygens (including phenoxy) is 1. The van der Waals surface area contributed by atoms with Crippen molar-refractivity contribution < 1.29 is 19.7 Å². The number of hydrogen-bond donors (Lipinski definition) is 2. The number of unbranched alkanes of at least 4 members (excludes halogenated alkanes) is 3. The highest BCUT2D eigenvalue weighted by atomic mass is 16.5. The second kappa shape index (κ2) is 7.71. The molecule has 0 bridgehead atoms. The Labute approximate surface area is 107 Å². The van der Waals surface area contributed by atoms with Crippen molar-refractivity contribution in [2.45, 2.75) is 32.1 Å². The van der Waals surface area contributed by atoms with Crippen LogP contribution in [0.3, 0.4) is 0 Å². The molecule has 0 aromatic heterocycles. The number of aromatic carboxylic acids is 1. The van der Waals surface area contributed by atoms with Crippen LogP contribution in [-0.2, 0) is 6.42 Å². The number of rotatable bonds is 8. The van der Waals surface area contributed by atoms with E-state index in [1.807, 2.05) is 12.1 Å². The lowest BCUT2D eigenvalue weighted by atomic mass is 10.00. The molecule has 100 valence electrons. The van der Waals surface area contributed by atoms with Gasteiger partial charge in [0.2, 0.25) is 0 Å². The Morgan fingerprint density at radius 1 is 1.22 bits per heavy atom. The van der Waals surface area contributed by atoms with Gasteiger partial charge in [-0.3, -0.25) is 0 Å². The predicted octanol–water partition coefficient (Wildman–Crippen LogP) is 2.49. The van der Waals surface area contributed by atoms with Gasteiger partial charge in [-0.05, 0) is 30.9 Å². The van der Waals surface area contributed by atoms with E-state index in [1.165, 1.54) is 7.11 Å². The Hall–Kier alpha value is -1.55. The number of carboxylic acids is 1. The Morgan fingerprint density at radius 2 is 1.94 bits per heavy atom. The molecule has 0 amide bonds. The highest BCUT2D eigenvalue weighted by molar-refractivity contribution is 5.92. The largest absolute Gasteiger partial charge is 0.496 e. The van der Waals surface area contributed by atoms with E-state index in [9.17, 15) is 9.90 Å². The summed E-state index contributed by atoms with van der Waals surface area (Å²) in [6.07, 6.45) is 4.43. The van der Waals surface area contributed by atoms with Gasteiger partial charge in [0.25, 0.3) is 0 Å². The molecule has 0 aliphatic heterocycles. The minimum absolute atomic E-state index is 0.222. The van der Waals surface area contributed by atoms with Crippen molar-refractivity contribution in [3.05, 3.63) is 29.3 Å². The third-order valence-corrected chi connectivity index (χ3v) is 2.90. The number of aryl methyl sites for hydroxylation is 1. The van der Waals surface area contributed by atoms with Gasteiger partial charge in [0.05, 0.1) is 7.11 Å². The zero-order chi connectivity index (χ0) is 13.4. The third kappa shape index (κ3) is 4.04. The molecule has 18 heavy (non-hydrogen) atoms. The molecule has 1 aromatic carbocycles. The molecule has 0 spiro atoms. The van der Waals surface area contributed by atoms with Gasteiger partial charge in [0.15, 0.2) is 0 Å². The van der Waals surface area contributed by atoms with Gasteiger partial charge in [-0.1, -0.05) is 25.0 Å².